The van der Waals surface area contributed by atoms with Crippen LogP contribution in [0.5, 0.6) is 5.75 Å². The van der Waals surface area contributed by atoms with E-state index in [2.05, 4.69) is 24.1 Å². The molecule has 0 aliphatic heterocycles. The second kappa shape index (κ2) is 7.63. The number of hydrogen-bond donors (Lipinski definition) is 2. The molecule has 1 aromatic rings. The van der Waals surface area contributed by atoms with Crippen LogP contribution < -0.4 is 16.2 Å². The first-order valence-corrected chi connectivity index (χ1v) is 6.41. The van der Waals surface area contributed by atoms with Gasteiger partial charge in [0, 0.05) is 10.6 Å². The zero-order valence-corrected chi connectivity index (χ0v) is 11.9. The van der Waals surface area contributed by atoms with Gasteiger partial charge in [0.25, 0.3) is 0 Å². The molecule has 0 unspecified atom stereocenters. The largest absolute Gasteiger partial charge is 0.493 e. The number of benzene rings is 1. The Balaban J connectivity index is 2.79. The Hall–Kier alpha value is -1.75. The number of ether oxygens (including phenoxy) is 1. The van der Waals surface area contributed by atoms with E-state index in [1.165, 1.54) is 6.21 Å². The Morgan fingerprint density at radius 1 is 1.42 bits per heavy atom. The average Bonchev–Trinajstić information content (AvgIpc) is 2.31. The van der Waals surface area contributed by atoms with Gasteiger partial charge in [-0.2, -0.15) is 5.10 Å². The molecule has 19 heavy (non-hydrogen) atoms. The molecular weight excluding hydrogens is 264 g/mol. The molecule has 0 fully saturated rings. The van der Waals surface area contributed by atoms with E-state index in [0.717, 1.165) is 12.0 Å². The molecule has 0 bridgehead atoms. The minimum atomic E-state index is -0.0967. The first-order chi connectivity index (χ1) is 8.99. The van der Waals surface area contributed by atoms with Gasteiger partial charge in [-0.1, -0.05) is 25.4 Å². The summed E-state index contributed by atoms with van der Waals surface area (Å²) in [5.74, 6) is 1.20. The lowest BCUT2D eigenvalue weighted by Crippen LogP contribution is -2.21. The lowest BCUT2D eigenvalue weighted by Gasteiger charge is -2.10. The number of nitrogens with two attached hydrogens (primary N) is 2. The Labute approximate surface area is 118 Å². The summed E-state index contributed by atoms with van der Waals surface area (Å²) >= 11 is 5.94. The van der Waals surface area contributed by atoms with Crippen molar-refractivity contribution in [2.24, 2.45) is 27.6 Å². The molecule has 104 valence electrons. The van der Waals surface area contributed by atoms with Crippen molar-refractivity contribution in [3.8, 4) is 5.75 Å². The molecule has 0 aliphatic rings. The van der Waals surface area contributed by atoms with E-state index < -0.39 is 0 Å². The van der Waals surface area contributed by atoms with Gasteiger partial charge in [0.15, 0.2) is 0 Å². The maximum Gasteiger partial charge on any atom is 0.211 e. The molecule has 0 saturated carbocycles. The second-order valence-electron chi connectivity index (χ2n) is 4.48. The molecule has 1 rings (SSSR count). The van der Waals surface area contributed by atoms with Crippen molar-refractivity contribution in [2.45, 2.75) is 20.3 Å². The summed E-state index contributed by atoms with van der Waals surface area (Å²) in [6, 6.07) is 5.32. The fraction of sp³-hybridized carbons (Fsp3) is 0.385. The van der Waals surface area contributed by atoms with Crippen LogP contribution in [-0.4, -0.2) is 18.8 Å². The molecule has 0 saturated heterocycles. The first-order valence-electron chi connectivity index (χ1n) is 6.03. The third-order valence-corrected chi connectivity index (χ3v) is 2.53. The van der Waals surface area contributed by atoms with Crippen LogP contribution in [0.3, 0.4) is 0 Å². The Morgan fingerprint density at radius 2 is 2.16 bits per heavy atom. The average molecular weight is 283 g/mol. The Bertz CT molecular complexity index is 468. The molecule has 1 aromatic carbocycles. The third kappa shape index (κ3) is 6.10. The van der Waals surface area contributed by atoms with Crippen LogP contribution in [0.2, 0.25) is 5.02 Å². The van der Waals surface area contributed by atoms with Crippen LogP contribution in [0, 0.1) is 5.92 Å². The third-order valence-electron chi connectivity index (χ3n) is 2.29. The Kier molecular flexibility index (Phi) is 6.15. The summed E-state index contributed by atoms with van der Waals surface area (Å²) in [5.41, 5.74) is 11.1. The normalized spacial score (nSPS) is 10.9. The van der Waals surface area contributed by atoms with Gasteiger partial charge in [0.2, 0.25) is 5.96 Å². The zero-order chi connectivity index (χ0) is 14.3. The predicted molar refractivity (Wildman–Crippen MR) is 79.8 cm³/mol. The molecule has 0 aromatic heterocycles. The lowest BCUT2D eigenvalue weighted by molar-refractivity contribution is 0.289. The van der Waals surface area contributed by atoms with Crippen molar-refractivity contribution in [3.05, 3.63) is 28.8 Å². The molecule has 0 aliphatic carbocycles. The number of nitrogens with zero attached hydrogens (tertiary/aromatic N) is 2. The number of rotatable bonds is 6. The van der Waals surface area contributed by atoms with Crippen molar-refractivity contribution >= 4 is 23.8 Å². The number of guanidine groups is 1. The van der Waals surface area contributed by atoms with Gasteiger partial charge >= 0.3 is 0 Å². The maximum absolute atomic E-state index is 5.94. The van der Waals surface area contributed by atoms with Crippen molar-refractivity contribution in [1.82, 2.24) is 0 Å². The van der Waals surface area contributed by atoms with Crippen molar-refractivity contribution in [3.63, 3.8) is 0 Å². The van der Waals surface area contributed by atoms with E-state index in [0.29, 0.717) is 23.3 Å². The fourth-order valence-electron chi connectivity index (χ4n) is 1.31. The highest BCUT2D eigenvalue weighted by Crippen LogP contribution is 2.22. The van der Waals surface area contributed by atoms with Crippen molar-refractivity contribution in [1.29, 1.82) is 0 Å². The molecule has 0 amide bonds. The van der Waals surface area contributed by atoms with E-state index in [9.17, 15) is 0 Å². The minimum absolute atomic E-state index is 0.0967. The molecule has 4 N–H and O–H groups in total. The SMILES string of the molecule is CC(C)CCOc1ccc(Cl)cc1C=NN=C(N)N. The monoisotopic (exact) mass is 282 g/mol. The summed E-state index contributed by atoms with van der Waals surface area (Å²) < 4.78 is 5.70. The summed E-state index contributed by atoms with van der Waals surface area (Å²) in [7, 11) is 0. The Morgan fingerprint density at radius 3 is 2.79 bits per heavy atom. The van der Waals surface area contributed by atoms with E-state index in [-0.39, 0.29) is 5.96 Å². The summed E-state index contributed by atoms with van der Waals surface area (Å²) in [5, 5.41) is 7.90. The van der Waals surface area contributed by atoms with Gasteiger partial charge in [-0.15, -0.1) is 5.10 Å². The highest BCUT2D eigenvalue weighted by molar-refractivity contribution is 6.30. The van der Waals surface area contributed by atoms with Gasteiger partial charge in [-0.3, -0.25) is 0 Å². The smallest absolute Gasteiger partial charge is 0.211 e. The fourth-order valence-corrected chi connectivity index (χ4v) is 1.49. The quantitative estimate of drug-likeness (QED) is 0.477. The van der Waals surface area contributed by atoms with Gasteiger partial charge in [0.05, 0.1) is 12.8 Å². The van der Waals surface area contributed by atoms with E-state index in [1.54, 1.807) is 18.2 Å². The highest BCUT2D eigenvalue weighted by Gasteiger charge is 2.03. The predicted octanol–water partition coefficient (Wildman–Crippen LogP) is 2.37. The molecule has 0 spiro atoms. The van der Waals surface area contributed by atoms with Crippen molar-refractivity contribution < 1.29 is 4.74 Å². The van der Waals surface area contributed by atoms with Crippen LogP contribution in [0.1, 0.15) is 25.8 Å². The molecular formula is C13H19ClN4O. The van der Waals surface area contributed by atoms with Crippen LogP contribution in [0.25, 0.3) is 0 Å². The molecule has 5 nitrogen and oxygen atoms in total. The topological polar surface area (TPSA) is 86.0 Å². The standard InChI is InChI=1S/C13H19ClN4O/c1-9(2)5-6-19-12-4-3-11(14)7-10(12)8-17-18-13(15)16/h3-4,7-9H,5-6H2,1-2H3,(H4,15,16,18). The van der Waals surface area contributed by atoms with Gasteiger partial charge in [-0.05, 0) is 30.5 Å². The van der Waals surface area contributed by atoms with E-state index in [4.69, 9.17) is 27.8 Å². The number of halogens is 1. The zero-order valence-electron chi connectivity index (χ0n) is 11.1. The molecule has 0 heterocycles. The minimum Gasteiger partial charge on any atom is -0.493 e. The van der Waals surface area contributed by atoms with Crippen LogP contribution in [0.4, 0.5) is 0 Å². The van der Waals surface area contributed by atoms with Crippen LogP contribution >= 0.6 is 11.6 Å². The first kappa shape index (κ1) is 15.3. The van der Waals surface area contributed by atoms with Crippen LogP contribution in [0.15, 0.2) is 28.4 Å². The summed E-state index contributed by atoms with van der Waals surface area (Å²) in [6.45, 7) is 4.93. The van der Waals surface area contributed by atoms with Gasteiger partial charge in [0.1, 0.15) is 5.75 Å². The van der Waals surface area contributed by atoms with Crippen molar-refractivity contribution in [2.75, 3.05) is 6.61 Å². The molecule has 0 radical (unpaired) electrons. The molecule has 6 heteroatoms. The molecule has 0 atom stereocenters. The van der Waals surface area contributed by atoms with E-state index in [1.807, 2.05) is 0 Å². The summed E-state index contributed by atoms with van der Waals surface area (Å²) in [4.78, 5) is 0. The van der Waals surface area contributed by atoms with Gasteiger partial charge in [-0.25, -0.2) is 0 Å². The van der Waals surface area contributed by atoms with E-state index >= 15 is 0 Å². The van der Waals surface area contributed by atoms with Gasteiger partial charge < -0.3 is 16.2 Å². The maximum atomic E-state index is 5.94. The van der Waals surface area contributed by atoms with Crippen LogP contribution in [-0.2, 0) is 0 Å². The lowest BCUT2D eigenvalue weighted by atomic mass is 10.1. The highest BCUT2D eigenvalue weighted by atomic mass is 35.5. The summed E-state index contributed by atoms with van der Waals surface area (Å²) in [6.07, 6.45) is 2.49. The number of hydrogen-bond acceptors (Lipinski definition) is 3. The second-order valence-corrected chi connectivity index (χ2v) is 4.92.